The summed E-state index contributed by atoms with van der Waals surface area (Å²) in [4.78, 5) is 51.0. The molecule has 1 saturated heterocycles. The lowest BCUT2D eigenvalue weighted by atomic mass is 9.97. The van der Waals surface area contributed by atoms with E-state index in [9.17, 15) is 32.3 Å². The van der Waals surface area contributed by atoms with Gasteiger partial charge in [-0.1, -0.05) is 19.8 Å². The van der Waals surface area contributed by atoms with Gasteiger partial charge in [0.1, 0.15) is 31.1 Å². The maximum absolute atomic E-state index is 13.8. The molecule has 40 heavy (non-hydrogen) atoms. The first-order chi connectivity index (χ1) is 18.6. The Morgan fingerprint density at radius 1 is 1.18 bits per heavy atom. The molecule has 0 N–H and O–H groups in total. The molecule has 0 unspecified atom stereocenters. The van der Waals surface area contributed by atoms with Crippen molar-refractivity contribution >= 4 is 11.9 Å². The second-order valence-electron chi connectivity index (χ2n) is 10.7. The molecule has 13 heteroatoms. The molecule has 1 aliphatic rings. The van der Waals surface area contributed by atoms with Crippen LogP contribution in [0.3, 0.4) is 0 Å². The Morgan fingerprint density at radius 3 is 2.45 bits per heavy atom. The predicted octanol–water partition coefficient (Wildman–Crippen LogP) is 3.62. The quantitative estimate of drug-likeness (QED) is 0.367. The van der Waals surface area contributed by atoms with Crippen LogP contribution in [0.25, 0.3) is 0 Å². The highest BCUT2D eigenvalue weighted by atomic mass is 19.4. The molecule has 1 aliphatic heterocycles. The summed E-state index contributed by atoms with van der Waals surface area (Å²) in [5, 5.41) is 0. The molecule has 2 aromatic heterocycles. The third kappa shape index (κ3) is 7.31. The summed E-state index contributed by atoms with van der Waals surface area (Å²) in [6, 6.07) is 2.38. The van der Waals surface area contributed by atoms with Gasteiger partial charge in [-0.25, -0.2) is 4.79 Å². The molecular formula is C27H31F3N2O8. The second-order valence-corrected chi connectivity index (χ2v) is 10.7. The number of carbonyl (C=O) groups is 2. The monoisotopic (exact) mass is 568 g/mol. The number of alkyl halides is 3. The number of ether oxygens (including phenoxy) is 3. The smallest absolute Gasteiger partial charge is 0.423 e. The van der Waals surface area contributed by atoms with E-state index in [0.717, 1.165) is 12.3 Å². The Balaban J connectivity index is 1.99. The topological polar surface area (TPSA) is 119 Å². The van der Waals surface area contributed by atoms with Crippen molar-refractivity contribution in [1.29, 1.82) is 0 Å². The first kappa shape index (κ1) is 30.9. The highest BCUT2D eigenvalue weighted by molar-refractivity contribution is 5.93. The number of halogens is 3. The zero-order valence-electron chi connectivity index (χ0n) is 22.7. The molecular weight excluding hydrogens is 537 g/mol. The Kier molecular flexibility index (Phi) is 9.48. The van der Waals surface area contributed by atoms with Gasteiger partial charge in [0, 0.05) is 19.0 Å². The minimum Gasteiger partial charge on any atom is -0.462 e. The van der Waals surface area contributed by atoms with Crippen molar-refractivity contribution in [2.75, 3.05) is 13.2 Å². The molecule has 0 amide bonds. The molecule has 0 aromatic carbocycles. The van der Waals surface area contributed by atoms with Gasteiger partial charge in [0.2, 0.25) is 0 Å². The highest BCUT2D eigenvalue weighted by Crippen LogP contribution is 2.32. The summed E-state index contributed by atoms with van der Waals surface area (Å²) < 4.78 is 63.6. The van der Waals surface area contributed by atoms with Crippen molar-refractivity contribution in [3.05, 3.63) is 56.8 Å². The first-order valence-corrected chi connectivity index (χ1v) is 12.5. The number of nitrogens with zero attached hydrogens (tertiary/aromatic N) is 2. The lowest BCUT2D eigenvalue weighted by molar-refractivity contribution is -0.160. The van der Waals surface area contributed by atoms with Crippen LogP contribution < -0.4 is 11.2 Å². The van der Waals surface area contributed by atoms with Crippen LogP contribution in [-0.2, 0) is 25.2 Å². The fraction of sp³-hybridized carbons (Fsp3) is 0.556. The van der Waals surface area contributed by atoms with Crippen LogP contribution in [0.15, 0.2) is 38.6 Å². The molecule has 0 saturated carbocycles. The number of aromatic nitrogens is 2. The van der Waals surface area contributed by atoms with E-state index in [1.807, 2.05) is 13.8 Å². The number of hydrogen-bond acceptors (Lipinski definition) is 8. The Bertz CT molecular complexity index is 1390. The van der Waals surface area contributed by atoms with Crippen molar-refractivity contribution < 1.29 is 41.4 Å². The zero-order valence-corrected chi connectivity index (χ0v) is 22.7. The number of rotatable bonds is 7. The van der Waals surface area contributed by atoms with Gasteiger partial charge in [0.15, 0.2) is 5.76 Å². The van der Waals surface area contributed by atoms with E-state index in [4.69, 9.17) is 18.6 Å². The van der Waals surface area contributed by atoms with Crippen LogP contribution in [0.2, 0.25) is 0 Å². The summed E-state index contributed by atoms with van der Waals surface area (Å²) in [7, 11) is 0. The van der Waals surface area contributed by atoms with Crippen molar-refractivity contribution in [2.24, 2.45) is 11.3 Å². The van der Waals surface area contributed by atoms with Gasteiger partial charge >= 0.3 is 23.7 Å². The number of carbonyl (C=O) groups excluding carboxylic acids is 2. The third-order valence-corrected chi connectivity index (χ3v) is 5.84. The fourth-order valence-corrected chi connectivity index (χ4v) is 3.71. The van der Waals surface area contributed by atoms with E-state index in [1.165, 1.54) is 6.07 Å². The van der Waals surface area contributed by atoms with E-state index in [2.05, 4.69) is 11.8 Å². The van der Waals surface area contributed by atoms with Gasteiger partial charge in [0.05, 0.1) is 17.8 Å². The molecule has 3 rings (SSSR count). The van der Waals surface area contributed by atoms with E-state index in [-0.39, 0.29) is 24.2 Å². The second kappa shape index (κ2) is 12.3. The molecule has 0 aliphatic carbocycles. The SMILES string of the molecule is CC(C)CC#CCO[C@H]1C[C@H](n2cc(C(F)(F)F)c(=O)n(C(=O)c3ccco3)c2=O)O[C@@H]1COC(=O)C(C)(C)C. The molecule has 2 aromatic rings. The van der Waals surface area contributed by atoms with Gasteiger partial charge in [-0.2, -0.15) is 17.7 Å². The summed E-state index contributed by atoms with van der Waals surface area (Å²) in [6.07, 6.45) is -6.56. The molecule has 3 heterocycles. The van der Waals surface area contributed by atoms with Gasteiger partial charge in [-0.3, -0.25) is 19.0 Å². The third-order valence-electron chi connectivity index (χ3n) is 5.84. The molecule has 0 bridgehead atoms. The molecule has 10 nitrogen and oxygen atoms in total. The summed E-state index contributed by atoms with van der Waals surface area (Å²) in [5.41, 5.74) is -5.81. The lowest BCUT2D eigenvalue weighted by Gasteiger charge is -2.22. The molecule has 0 radical (unpaired) electrons. The molecule has 1 fully saturated rings. The van der Waals surface area contributed by atoms with E-state index in [1.54, 1.807) is 20.8 Å². The van der Waals surface area contributed by atoms with Crippen molar-refractivity contribution in [3.63, 3.8) is 0 Å². The molecule has 0 spiro atoms. The average Bonchev–Trinajstić information content (AvgIpc) is 3.51. The van der Waals surface area contributed by atoms with Gasteiger partial charge in [0.25, 0.3) is 5.56 Å². The largest absolute Gasteiger partial charge is 0.462 e. The van der Waals surface area contributed by atoms with Crippen LogP contribution in [-0.4, -0.2) is 46.4 Å². The maximum Gasteiger partial charge on any atom is 0.423 e. The van der Waals surface area contributed by atoms with Crippen LogP contribution in [0, 0.1) is 23.2 Å². The number of hydrogen-bond donors (Lipinski definition) is 0. The van der Waals surface area contributed by atoms with Gasteiger partial charge in [-0.05, 0) is 38.8 Å². The minimum absolute atomic E-state index is 0.0453. The average molecular weight is 569 g/mol. The Hall–Kier alpha value is -3.63. The van der Waals surface area contributed by atoms with Gasteiger partial charge < -0.3 is 18.6 Å². The maximum atomic E-state index is 13.8. The van der Waals surface area contributed by atoms with E-state index in [0.29, 0.717) is 23.1 Å². The van der Waals surface area contributed by atoms with Crippen molar-refractivity contribution in [1.82, 2.24) is 9.13 Å². The van der Waals surface area contributed by atoms with E-state index >= 15 is 0 Å². The predicted molar refractivity (Wildman–Crippen MR) is 134 cm³/mol. The standard InChI is InChI=1S/C27H31F3N2O8/c1-16(2)9-6-7-11-38-19-13-21(40-20(19)15-39-24(35)26(3,4)5)31-14-17(27(28,29)30)22(33)32(25(31)36)23(34)18-10-8-12-37-18/h8,10,12,14,16,19-21H,9,11,13,15H2,1-5H3/t19-,20+,21+/m0/s1. The van der Waals surface area contributed by atoms with Crippen LogP contribution in [0.5, 0.6) is 0 Å². The van der Waals surface area contributed by atoms with Crippen molar-refractivity contribution in [3.8, 4) is 11.8 Å². The highest BCUT2D eigenvalue weighted by Gasteiger charge is 2.42. The lowest BCUT2D eigenvalue weighted by Crippen LogP contribution is -2.47. The molecule has 218 valence electrons. The van der Waals surface area contributed by atoms with Crippen LogP contribution in [0.4, 0.5) is 13.2 Å². The Labute approximate surface area is 228 Å². The Morgan fingerprint density at radius 2 is 1.88 bits per heavy atom. The molecule has 3 atom stereocenters. The summed E-state index contributed by atoms with van der Waals surface area (Å²) >= 11 is 0. The first-order valence-electron chi connectivity index (χ1n) is 12.5. The van der Waals surface area contributed by atoms with Crippen LogP contribution >= 0.6 is 0 Å². The summed E-state index contributed by atoms with van der Waals surface area (Å²) in [5.74, 6) is 3.69. The van der Waals surface area contributed by atoms with Gasteiger partial charge in [-0.15, -0.1) is 5.92 Å². The minimum atomic E-state index is -5.19. The van der Waals surface area contributed by atoms with Crippen molar-refractivity contribution in [2.45, 2.75) is 72.1 Å². The summed E-state index contributed by atoms with van der Waals surface area (Å²) in [6.45, 7) is 8.55. The zero-order chi connectivity index (χ0) is 29.8. The van der Waals surface area contributed by atoms with E-state index < -0.39 is 64.5 Å². The van der Waals surface area contributed by atoms with Crippen LogP contribution in [0.1, 0.15) is 69.8 Å². The fourth-order valence-electron chi connectivity index (χ4n) is 3.71. The number of furan rings is 1. The number of esters is 1. The normalized spacial score (nSPS) is 19.4.